The summed E-state index contributed by atoms with van der Waals surface area (Å²) in [7, 11) is 0. The molecule has 31 heavy (non-hydrogen) atoms. The number of para-hydroxylation sites is 2. The first kappa shape index (κ1) is 19.8. The van der Waals surface area contributed by atoms with Gasteiger partial charge in [0, 0.05) is 23.3 Å². The van der Waals surface area contributed by atoms with Gasteiger partial charge in [-0.3, -0.25) is 20.2 Å². The minimum Gasteiger partial charge on any atom is -0.442 e. The summed E-state index contributed by atoms with van der Waals surface area (Å²) in [6, 6.07) is 27.2. The second-order valence-corrected chi connectivity index (χ2v) is 6.66. The van der Waals surface area contributed by atoms with Crippen LogP contribution in [-0.2, 0) is 0 Å². The molecule has 4 rings (SSSR count). The lowest BCUT2D eigenvalue weighted by molar-refractivity contribution is -0.387. The maximum atomic E-state index is 11.8. The molecule has 0 saturated carbocycles. The second-order valence-electron chi connectivity index (χ2n) is 6.66. The van der Waals surface area contributed by atoms with Crippen molar-refractivity contribution >= 4 is 11.4 Å². The van der Waals surface area contributed by atoms with Gasteiger partial charge in [0.05, 0.1) is 9.85 Å². The van der Waals surface area contributed by atoms with Gasteiger partial charge in [-0.2, -0.15) is 0 Å². The lowest BCUT2D eigenvalue weighted by Gasteiger charge is -2.15. The zero-order valence-electron chi connectivity index (χ0n) is 16.2. The molecule has 0 saturated heterocycles. The van der Waals surface area contributed by atoms with Gasteiger partial charge < -0.3 is 4.74 Å². The zero-order chi connectivity index (χ0) is 21.8. The average molecular weight is 412 g/mol. The molecule has 0 spiro atoms. The van der Waals surface area contributed by atoms with Crippen LogP contribution in [0.1, 0.15) is 0 Å². The monoisotopic (exact) mass is 412 g/mol. The van der Waals surface area contributed by atoms with Crippen molar-refractivity contribution in [1.82, 2.24) is 0 Å². The lowest BCUT2D eigenvalue weighted by atomic mass is 10.0. The predicted octanol–water partition coefficient (Wildman–Crippen LogP) is 6.63. The van der Waals surface area contributed by atoms with Gasteiger partial charge >= 0.3 is 11.4 Å². The average Bonchev–Trinajstić information content (AvgIpc) is 2.80. The summed E-state index contributed by atoms with van der Waals surface area (Å²) in [4.78, 5) is 22.4. The van der Waals surface area contributed by atoms with Crippen LogP contribution >= 0.6 is 0 Å². The molecule has 0 aliphatic carbocycles. The Morgan fingerprint density at radius 3 is 1.26 bits per heavy atom. The third kappa shape index (κ3) is 3.97. The Morgan fingerprint density at radius 1 is 0.516 bits per heavy atom. The maximum Gasteiger partial charge on any atom is 0.312 e. The van der Waals surface area contributed by atoms with Crippen molar-refractivity contribution in [2.75, 3.05) is 0 Å². The molecule has 152 valence electrons. The van der Waals surface area contributed by atoms with E-state index in [9.17, 15) is 20.2 Å². The fourth-order valence-electron chi connectivity index (χ4n) is 3.34. The fraction of sp³-hybridized carbons (Fsp3) is 0. The second kappa shape index (κ2) is 8.46. The number of nitrogens with zero attached hydrogens (tertiary/aromatic N) is 2. The molecule has 0 fully saturated rings. The van der Waals surface area contributed by atoms with Crippen LogP contribution in [-0.4, -0.2) is 9.85 Å². The van der Waals surface area contributed by atoms with E-state index in [4.69, 9.17) is 4.74 Å². The molecule has 0 unspecified atom stereocenters. The summed E-state index contributed by atoms with van der Waals surface area (Å²) in [6.45, 7) is 0. The maximum absolute atomic E-state index is 11.8. The Balaban J connectivity index is 1.96. The number of ether oxygens (including phenoxy) is 1. The van der Waals surface area contributed by atoms with Crippen LogP contribution in [0.25, 0.3) is 22.3 Å². The van der Waals surface area contributed by atoms with Gasteiger partial charge in [-0.05, 0) is 11.1 Å². The van der Waals surface area contributed by atoms with Crippen LogP contribution in [0.4, 0.5) is 11.4 Å². The molecule has 0 atom stereocenters. The van der Waals surface area contributed by atoms with E-state index in [-0.39, 0.29) is 22.9 Å². The molecular formula is C24H16N2O5. The van der Waals surface area contributed by atoms with Crippen LogP contribution in [0.2, 0.25) is 0 Å². The first-order valence-electron chi connectivity index (χ1n) is 9.40. The predicted molar refractivity (Wildman–Crippen MR) is 117 cm³/mol. The topological polar surface area (TPSA) is 95.5 Å². The molecule has 0 bridgehead atoms. The molecule has 4 aromatic carbocycles. The van der Waals surface area contributed by atoms with Crippen molar-refractivity contribution in [2.24, 2.45) is 0 Å². The highest BCUT2D eigenvalue weighted by Gasteiger charge is 2.27. The summed E-state index contributed by atoms with van der Waals surface area (Å²) in [5, 5.41) is 23.5. The third-order valence-corrected chi connectivity index (χ3v) is 4.76. The van der Waals surface area contributed by atoms with Gasteiger partial charge in [0.25, 0.3) is 0 Å². The first-order valence-corrected chi connectivity index (χ1v) is 9.40. The van der Waals surface area contributed by atoms with E-state index < -0.39 is 9.85 Å². The van der Waals surface area contributed by atoms with Crippen molar-refractivity contribution in [3.63, 3.8) is 0 Å². The molecule has 0 amide bonds. The number of rotatable bonds is 6. The highest BCUT2D eigenvalue weighted by Crippen LogP contribution is 2.46. The summed E-state index contributed by atoms with van der Waals surface area (Å²) < 4.78 is 6.05. The van der Waals surface area contributed by atoms with E-state index in [1.54, 1.807) is 72.8 Å². The van der Waals surface area contributed by atoms with Crippen LogP contribution < -0.4 is 4.74 Å². The standard InChI is InChI=1S/C24H16N2O5/c27-25(28)21-15-7-13-19(17-9-3-1-4-10-17)23(21)31-24-20(18-11-5-2-6-12-18)14-8-16-22(24)26(29)30/h1-16H. The van der Waals surface area contributed by atoms with E-state index in [2.05, 4.69) is 0 Å². The zero-order valence-corrected chi connectivity index (χ0v) is 16.2. The largest absolute Gasteiger partial charge is 0.442 e. The number of hydrogen-bond acceptors (Lipinski definition) is 5. The summed E-state index contributed by atoms with van der Waals surface area (Å²) in [5.74, 6) is -0.102. The Bertz CT molecular complexity index is 1160. The van der Waals surface area contributed by atoms with Crippen LogP contribution in [0, 0.1) is 20.2 Å². The van der Waals surface area contributed by atoms with Gasteiger partial charge in [-0.15, -0.1) is 0 Å². The normalized spacial score (nSPS) is 10.5. The van der Waals surface area contributed by atoms with E-state index in [0.29, 0.717) is 22.3 Å². The molecule has 0 heterocycles. The van der Waals surface area contributed by atoms with Gasteiger partial charge in [-0.25, -0.2) is 0 Å². The molecule has 0 aromatic heterocycles. The Kier molecular flexibility index (Phi) is 5.40. The number of hydrogen-bond donors (Lipinski definition) is 0. The smallest absolute Gasteiger partial charge is 0.312 e. The Labute approximate surface area is 177 Å². The first-order chi connectivity index (χ1) is 15.1. The molecular weight excluding hydrogens is 396 g/mol. The van der Waals surface area contributed by atoms with Crippen LogP contribution in [0.5, 0.6) is 11.5 Å². The molecule has 0 radical (unpaired) electrons. The van der Waals surface area contributed by atoms with Crippen molar-refractivity contribution in [3.8, 4) is 33.8 Å². The summed E-state index contributed by atoms with van der Waals surface area (Å²) >= 11 is 0. The van der Waals surface area contributed by atoms with Gasteiger partial charge in [-0.1, -0.05) is 84.9 Å². The summed E-state index contributed by atoms with van der Waals surface area (Å²) in [5.41, 5.74) is 1.76. The number of nitro groups is 2. The van der Waals surface area contributed by atoms with Crippen molar-refractivity contribution in [2.45, 2.75) is 0 Å². The molecule has 7 nitrogen and oxygen atoms in total. The minimum atomic E-state index is -0.557. The molecule has 0 aliphatic rings. The quantitative estimate of drug-likeness (QED) is 0.262. The Morgan fingerprint density at radius 2 is 0.903 bits per heavy atom. The van der Waals surface area contributed by atoms with Gasteiger partial charge in [0.1, 0.15) is 0 Å². The van der Waals surface area contributed by atoms with E-state index in [1.165, 1.54) is 12.1 Å². The third-order valence-electron chi connectivity index (χ3n) is 4.76. The number of benzene rings is 4. The van der Waals surface area contributed by atoms with E-state index >= 15 is 0 Å². The van der Waals surface area contributed by atoms with Crippen LogP contribution in [0.3, 0.4) is 0 Å². The molecule has 0 N–H and O–H groups in total. The van der Waals surface area contributed by atoms with Crippen molar-refractivity contribution in [1.29, 1.82) is 0 Å². The fourth-order valence-corrected chi connectivity index (χ4v) is 3.34. The summed E-state index contributed by atoms with van der Waals surface area (Å²) in [6.07, 6.45) is 0. The highest BCUT2D eigenvalue weighted by molar-refractivity contribution is 5.80. The van der Waals surface area contributed by atoms with Crippen molar-refractivity contribution in [3.05, 3.63) is 117 Å². The number of nitro benzene ring substituents is 2. The minimum absolute atomic E-state index is 0.0508. The highest BCUT2D eigenvalue weighted by atomic mass is 16.6. The Hall–Kier alpha value is -4.52. The van der Waals surface area contributed by atoms with E-state index in [1.807, 2.05) is 12.1 Å². The molecule has 7 heteroatoms. The van der Waals surface area contributed by atoms with Gasteiger partial charge in [0.2, 0.25) is 11.5 Å². The lowest BCUT2D eigenvalue weighted by Crippen LogP contribution is -2.00. The van der Waals surface area contributed by atoms with Gasteiger partial charge in [0.15, 0.2) is 0 Å². The molecule has 0 aliphatic heterocycles. The van der Waals surface area contributed by atoms with Crippen molar-refractivity contribution < 1.29 is 14.6 Å². The SMILES string of the molecule is O=[N+]([O-])c1cccc(-c2ccccc2)c1Oc1c(-c2ccccc2)cccc1[N+](=O)[O-]. The van der Waals surface area contributed by atoms with Crippen LogP contribution in [0.15, 0.2) is 97.1 Å². The molecule has 4 aromatic rings. The van der Waals surface area contributed by atoms with E-state index in [0.717, 1.165) is 0 Å².